The molecule has 1 aromatic heterocycles. The van der Waals surface area contributed by atoms with Crippen molar-refractivity contribution in [3.63, 3.8) is 0 Å². The normalized spacial score (nSPS) is 11.5. The van der Waals surface area contributed by atoms with Crippen molar-refractivity contribution in [2.75, 3.05) is 0 Å². The average molecular weight is 135 g/mol. The van der Waals surface area contributed by atoms with Crippen molar-refractivity contribution in [1.82, 2.24) is 4.98 Å². The van der Waals surface area contributed by atoms with E-state index in [1.165, 1.54) is 0 Å². The van der Waals surface area contributed by atoms with E-state index in [1.807, 2.05) is 18.3 Å². The zero-order valence-corrected chi connectivity index (χ0v) is 6.76. The number of pyridine rings is 1. The van der Waals surface area contributed by atoms with Crippen LogP contribution in [-0.2, 0) is 5.41 Å². The molecule has 54 valence electrons. The molecule has 0 bridgehead atoms. The van der Waals surface area contributed by atoms with Gasteiger partial charge >= 0.3 is 0 Å². The average Bonchev–Trinajstić information content (AvgIpc) is 1.88. The lowest BCUT2D eigenvalue weighted by molar-refractivity contribution is 0.569. The molecule has 0 spiro atoms. The van der Waals surface area contributed by atoms with Crippen LogP contribution in [0.4, 0.5) is 0 Å². The van der Waals surface area contributed by atoms with E-state index in [2.05, 4.69) is 31.8 Å². The highest BCUT2D eigenvalue weighted by Crippen LogP contribution is 2.18. The van der Waals surface area contributed by atoms with Crippen molar-refractivity contribution in [3.05, 3.63) is 30.1 Å². The Hall–Kier alpha value is -0.850. The van der Waals surface area contributed by atoms with Gasteiger partial charge in [-0.1, -0.05) is 26.8 Å². The monoisotopic (exact) mass is 135 g/mol. The molecular weight excluding hydrogens is 122 g/mol. The molecule has 0 amide bonds. The maximum atomic E-state index is 4.25. The van der Waals surface area contributed by atoms with Crippen molar-refractivity contribution in [3.8, 4) is 0 Å². The molecule has 0 aliphatic heterocycles. The molecule has 0 N–H and O–H groups in total. The highest BCUT2D eigenvalue weighted by molar-refractivity contribution is 5.12. The lowest BCUT2D eigenvalue weighted by Gasteiger charge is -2.16. The summed E-state index contributed by atoms with van der Waals surface area (Å²) in [6.45, 7) is 6.49. The molecule has 1 aromatic rings. The van der Waals surface area contributed by atoms with E-state index < -0.39 is 0 Å². The molecule has 0 atom stereocenters. The Morgan fingerprint density at radius 2 is 1.90 bits per heavy atom. The van der Waals surface area contributed by atoms with E-state index >= 15 is 0 Å². The van der Waals surface area contributed by atoms with E-state index in [-0.39, 0.29) is 5.41 Å². The van der Waals surface area contributed by atoms with Crippen LogP contribution in [-0.4, -0.2) is 4.98 Å². The van der Waals surface area contributed by atoms with Gasteiger partial charge in [0, 0.05) is 17.3 Å². The summed E-state index contributed by atoms with van der Waals surface area (Å²) >= 11 is 0. The molecule has 0 aliphatic rings. The first kappa shape index (κ1) is 7.26. The number of hydrogen-bond donors (Lipinski definition) is 0. The third-order valence-corrected chi connectivity index (χ3v) is 1.43. The van der Waals surface area contributed by atoms with Crippen molar-refractivity contribution in [2.45, 2.75) is 26.2 Å². The first-order valence-corrected chi connectivity index (χ1v) is 3.52. The van der Waals surface area contributed by atoms with E-state index in [4.69, 9.17) is 0 Å². The largest absolute Gasteiger partial charge is 0.261 e. The van der Waals surface area contributed by atoms with Gasteiger partial charge < -0.3 is 0 Å². The van der Waals surface area contributed by atoms with Crippen LogP contribution in [0.5, 0.6) is 0 Å². The van der Waals surface area contributed by atoms with Gasteiger partial charge in [0.25, 0.3) is 0 Å². The zero-order valence-electron chi connectivity index (χ0n) is 6.76. The quantitative estimate of drug-likeness (QED) is 0.532. The molecule has 0 saturated carbocycles. The molecule has 10 heavy (non-hydrogen) atoms. The minimum absolute atomic E-state index is 0.182. The van der Waals surface area contributed by atoms with Gasteiger partial charge in [-0.25, -0.2) is 0 Å². The van der Waals surface area contributed by atoms with Gasteiger partial charge in [-0.05, 0) is 12.1 Å². The Balaban J connectivity index is 2.97. The lowest BCUT2D eigenvalue weighted by atomic mass is 9.92. The van der Waals surface area contributed by atoms with Crippen molar-refractivity contribution >= 4 is 0 Å². The second-order valence-corrected chi connectivity index (χ2v) is 3.46. The van der Waals surface area contributed by atoms with Gasteiger partial charge in [0.2, 0.25) is 0 Å². The highest BCUT2D eigenvalue weighted by atomic mass is 14.7. The minimum atomic E-state index is 0.182. The summed E-state index contributed by atoms with van der Waals surface area (Å²) in [7, 11) is 0. The van der Waals surface area contributed by atoms with Gasteiger partial charge in [0.1, 0.15) is 0 Å². The Kier molecular flexibility index (Phi) is 1.75. The SMILES string of the molecule is CC(C)(C)c1ccccn1. The first-order chi connectivity index (χ1) is 4.61. The third-order valence-electron chi connectivity index (χ3n) is 1.43. The smallest absolute Gasteiger partial charge is 0.0457 e. The molecule has 0 aliphatic carbocycles. The summed E-state index contributed by atoms with van der Waals surface area (Å²) in [5, 5.41) is 0. The van der Waals surface area contributed by atoms with Gasteiger partial charge in [-0.15, -0.1) is 0 Å². The summed E-state index contributed by atoms with van der Waals surface area (Å²) in [6, 6.07) is 6.02. The fraction of sp³-hybridized carbons (Fsp3) is 0.444. The minimum Gasteiger partial charge on any atom is -0.261 e. The molecule has 0 saturated heterocycles. The molecule has 0 unspecified atom stereocenters. The van der Waals surface area contributed by atoms with Crippen LogP contribution in [0.25, 0.3) is 0 Å². The van der Waals surface area contributed by atoms with E-state index in [1.54, 1.807) is 0 Å². The molecule has 1 nitrogen and oxygen atoms in total. The fourth-order valence-electron chi connectivity index (χ4n) is 0.806. The molecule has 0 aromatic carbocycles. The van der Waals surface area contributed by atoms with Crippen LogP contribution < -0.4 is 0 Å². The van der Waals surface area contributed by atoms with Gasteiger partial charge in [0.15, 0.2) is 0 Å². The maximum Gasteiger partial charge on any atom is 0.0457 e. The molecular formula is C9H13N. The fourth-order valence-corrected chi connectivity index (χ4v) is 0.806. The topological polar surface area (TPSA) is 12.9 Å². The van der Waals surface area contributed by atoms with Crippen LogP contribution >= 0.6 is 0 Å². The second kappa shape index (κ2) is 2.41. The number of rotatable bonds is 0. The molecule has 1 rings (SSSR count). The van der Waals surface area contributed by atoms with E-state index in [9.17, 15) is 0 Å². The standard InChI is InChI=1S/C9H13N/c1-9(2,3)8-6-4-5-7-10-8/h4-7H,1-3H3. The Morgan fingerprint density at radius 3 is 2.20 bits per heavy atom. The lowest BCUT2D eigenvalue weighted by Crippen LogP contribution is -2.12. The molecule has 0 radical (unpaired) electrons. The summed E-state index contributed by atoms with van der Waals surface area (Å²) < 4.78 is 0. The number of hydrogen-bond acceptors (Lipinski definition) is 1. The predicted octanol–water partition coefficient (Wildman–Crippen LogP) is 2.38. The molecule has 0 fully saturated rings. The van der Waals surface area contributed by atoms with Crippen LogP contribution in [0.15, 0.2) is 24.4 Å². The number of nitrogens with zero attached hydrogens (tertiary/aromatic N) is 1. The summed E-state index contributed by atoms with van der Waals surface area (Å²) in [5.74, 6) is 0. The van der Waals surface area contributed by atoms with Crippen molar-refractivity contribution in [1.29, 1.82) is 0 Å². The first-order valence-electron chi connectivity index (χ1n) is 3.52. The zero-order chi connectivity index (χ0) is 7.61. The number of aromatic nitrogens is 1. The van der Waals surface area contributed by atoms with Crippen molar-refractivity contribution < 1.29 is 0 Å². The second-order valence-electron chi connectivity index (χ2n) is 3.46. The Labute approximate surface area is 62.1 Å². The summed E-state index contributed by atoms with van der Waals surface area (Å²) in [4.78, 5) is 4.25. The maximum absolute atomic E-state index is 4.25. The summed E-state index contributed by atoms with van der Waals surface area (Å²) in [6.07, 6.45) is 1.83. The van der Waals surface area contributed by atoms with E-state index in [0.29, 0.717) is 0 Å². The highest BCUT2D eigenvalue weighted by Gasteiger charge is 2.13. The van der Waals surface area contributed by atoms with Gasteiger partial charge in [0.05, 0.1) is 0 Å². The van der Waals surface area contributed by atoms with Gasteiger partial charge in [-0.3, -0.25) is 4.98 Å². The Morgan fingerprint density at radius 1 is 1.20 bits per heavy atom. The van der Waals surface area contributed by atoms with Crippen LogP contribution in [0, 0.1) is 0 Å². The van der Waals surface area contributed by atoms with Crippen LogP contribution in [0.3, 0.4) is 0 Å². The van der Waals surface area contributed by atoms with Crippen LogP contribution in [0.2, 0.25) is 0 Å². The van der Waals surface area contributed by atoms with Crippen LogP contribution in [0.1, 0.15) is 26.5 Å². The molecule has 1 heterocycles. The van der Waals surface area contributed by atoms with E-state index in [0.717, 1.165) is 5.69 Å². The summed E-state index contributed by atoms with van der Waals surface area (Å²) in [5.41, 5.74) is 1.33. The molecule has 1 heteroatoms. The van der Waals surface area contributed by atoms with Gasteiger partial charge in [-0.2, -0.15) is 0 Å². The van der Waals surface area contributed by atoms with Crippen molar-refractivity contribution in [2.24, 2.45) is 0 Å². The third kappa shape index (κ3) is 1.56. The Bertz CT molecular complexity index is 196. The predicted molar refractivity (Wildman–Crippen MR) is 42.9 cm³/mol.